The Kier molecular flexibility index (Phi) is 2.50. The molecule has 86 valence electrons. The fraction of sp³-hybridized carbons (Fsp3) is 0.857. The summed E-state index contributed by atoms with van der Waals surface area (Å²) in [5, 5.41) is 0. The van der Waals surface area contributed by atoms with Crippen LogP contribution in [0.2, 0.25) is 0 Å². The smallest absolute Gasteiger partial charge is 0.0426 e. The van der Waals surface area contributed by atoms with Crippen molar-refractivity contribution in [1.82, 2.24) is 4.90 Å². The van der Waals surface area contributed by atoms with E-state index in [-0.39, 0.29) is 0 Å². The van der Waals surface area contributed by atoms with Crippen LogP contribution < -0.4 is 0 Å². The molecule has 0 N–H and O–H groups in total. The number of hydrogen-bond donors (Lipinski definition) is 0. The monoisotopic (exact) mass is 207 g/mol. The minimum atomic E-state index is 0.359. The van der Waals surface area contributed by atoms with Gasteiger partial charge in [-0.3, -0.25) is 4.90 Å². The summed E-state index contributed by atoms with van der Waals surface area (Å²) in [4.78, 5) is 2.64. The molecule has 0 aromatic rings. The minimum Gasteiger partial charge on any atom is -0.294 e. The molecular weight excluding hydrogens is 182 g/mol. The topological polar surface area (TPSA) is 3.24 Å². The maximum atomic E-state index is 4.44. The molecule has 2 atom stereocenters. The van der Waals surface area contributed by atoms with Crippen molar-refractivity contribution in [3.05, 3.63) is 12.2 Å². The largest absolute Gasteiger partial charge is 0.294 e. The Hall–Kier alpha value is -0.300. The summed E-state index contributed by atoms with van der Waals surface area (Å²) >= 11 is 0. The maximum Gasteiger partial charge on any atom is 0.0426 e. The zero-order valence-electron chi connectivity index (χ0n) is 10.8. The van der Waals surface area contributed by atoms with Gasteiger partial charge in [0.05, 0.1) is 0 Å². The van der Waals surface area contributed by atoms with Crippen LogP contribution in [0.25, 0.3) is 0 Å². The molecule has 2 saturated carbocycles. The van der Waals surface area contributed by atoms with Gasteiger partial charge in [0.2, 0.25) is 0 Å². The first-order valence-corrected chi connectivity index (χ1v) is 6.44. The SMILES string of the molecule is C=C1C(C)(C)[C@@H]2CC[C@@]1(N(CC)CC)C2. The molecule has 2 bridgehead atoms. The fourth-order valence-corrected chi connectivity index (χ4v) is 4.07. The molecule has 2 aliphatic rings. The van der Waals surface area contributed by atoms with Gasteiger partial charge < -0.3 is 0 Å². The van der Waals surface area contributed by atoms with Crippen LogP contribution in [-0.4, -0.2) is 23.5 Å². The Labute approximate surface area is 94.5 Å². The Morgan fingerprint density at radius 2 is 1.93 bits per heavy atom. The molecular formula is C14H25N. The van der Waals surface area contributed by atoms with Gasteiger partial charge in [-0.25, -0.2) is 0 Å². The van der Waals surface area contributed by atoms with Crippen molar-refractivity contribution >= 4 is 0 Å². The lowest BCUT2D eigenvalue weighted by atomic mass is 9.71. The van der Waals surface area contributed by atoms with Crippen LogP contribution >= 0.6 is 0 Å². The lowest BCUT2D eigenvalue weighted by Crippen LogP contribution is -2.48. The van der Waals surface area contributed by atoms with Gasteiger partial charge in [0.15, 0.2) is 0 Å². The van der Waals surface area contributed by atoms with Crippen molar-refractivity contribution in [3.8, 4) is 0 Å². The van der Waals surface area contributed by atoms with Crippen LogP contribution in [0.15, 0.2) is 12.2 Å². The number of rotatable bonds is 3. The summed E-state index contributed by atoms with van der Waals surface area (Å²) in [6.45, 7) is 16.1. The summed E-state index contributed by atoms with van der Waals surface area (Å²) in [5.41, 5.74) is 2.24. The van der Waals surface area contributed by atoms with Crippen LogP contribution in [0.3, 0.4) is 0 Å². The Morgan fingerprint density at radius 3 is 2.33 bits per heavy atom. The average Bonchev–Trinajstić information content (AvgIpc) is 2.70. The van der Waals surface area contributed by atoms with Gasteiger partial charge in [-0.05, 0) is 43.7 Å². The van der Waals surface area contributed by atoms with Crippen LogP contribution in [0.5, 0.6) is 0 Å². The lowest BCUT2D eigenvalue weighted by molar-refractivity contribution is 0.136. The van der Waals surface area contributed by atoms with Gasteiger partial charge in [0.1, 0.15) is 0 Å². The Morgan fingerprint density at radius 1 is 1.33 bits per heavy atom. The highest BCUT2D eigenvalue weighted by Gasteiger charge is 2.58. The Balaban J connectivity index is 2.34. The molecule has 2 rings (SSSR count). The van der Waals surface area contributed by atoms with Crippen molar-refractivity contribution < 1.29 is 0 Å². The quantitative estimate of drug-likeness (QED) is 0.641. The molecule has 0 aromatic carbocycles. The second-order valence-corrected chi connectivity index (χ2v) is 5.84. The third-order valence-electron chi connectivity index (χ3n) is 5.22. The number of fused-ring (bicyclic) bond motifs is 2. The van der Waals surface area contributed by atoms with E-state index < -0.39 is 0 Å². The van der Waals surface area contributed by atoms with Gasteiger partial charge in [-0.2, -0.15) is 0 Å². The first-order chi connectivity index (χ1) is 6.99. The van der Waals surface area contributed by atoms with Crippen LogP contribution in [-0.2, 0) is 0 Å². The normalized spacial score (nSPS) is 37.9. The molecule has 0 amide bonds. The van der Waals surface area contributed by atoms with Crippen molar-refractivity contribution in [2.24, 2.45) is 11.3 Å². The first-order valence-electron chi connectivity index (χ1n) is 6.44. The van der Waals surface area contributed by atoms with Crippen LogP contribution in [0, 0.1) is 11.3 Å². The summed E-state index contributed by atoms with van der Waals surface area (Å²) in [5.74, 6) is 0.880. The number of nitrogens with zero attached hydrogens (tertiary/aromatic N) is 1. The molecule has 0 saturated heterocycles. The van der Waals surface area contributed by atoms with Gasteiger partial charge in [-0.15, -0.1) is 0 Å². The fourth-order valence-electron chi connectivity index (χ4n) is 4.07. The first kappa shape index (κ1) is 11.2. The molecule has 1 nitrogen and oxygen atoms in total. The third kappa shape index (κ3) is 1.25. The van der Waals surface area contributed by atoms with Crippen molar-refractivity contribution in [2.45, 2.75) is 52.5 Å². The van der Waals surface area contributed by atoms with E-state index in [4.69, 9.17) is 0 Å². The molecule has 0 aliphatic heterocycles. The predicted octanol–water partition coefficient (Wildman–Crippen LogP) is 3.46. The second-order valence-electron chi connectivity index (χ2n) is 5.84. The third-order valence-corrected chi connectivity index (χ3v) is 5.22. The summed E-state index contributed by atoms with van der Waals surface area (Å²) < 4.78 is 0. The van der Waals surface area contributed by atoms with Crippen molar-refractivity contribution in [2.75, 3.05) is 13.1 Å². The van der Waals surface area contributed by atoms with Crippen LogP contribution in [0.4, 0.5) is 0 Å². The van der Waals surface area contributed by atoms with E-state index in [1.807, 2.05) is 0 Å². The molecule has 2 fully saturated rings. The van der Waals surface area contributed by atoms with E-state index in [9.17, 15) is 0 Å². The molecule has 1 heteroatoms. The highest BCUT2D eigenvalue weighted by molar-refractivity contribution is 5.34. The minimum absolute atomic E-state index is 0.359. The second kappa shape index (κ2) is 3.35. The zero-order chi connectivity index (χ0) is 11.3. The number of hydrogen-bond acceptors (Lipinski definition) is 1. The van der Waals surface area contributed by atoms with Crippen molar-refractivity contribution in [3.63, 3.8) is 0 Å². The van der Waals surface area contributed by atoms with Gasteiger partial charge in [0, 0.05) is 5.54 Å². The predicted molar refractivity (Wildman–Crippen MR) is 65.9 cm³/mol. The highest BCUT2D eigenvalue weighted by Crippen LogP contribution is 2.62. The number of likely N-dealkylation sites (N-methyl/N-ethyl adjacent to an activating group) is 1. The van der Waals surface area contributed by atoms with Gasteiger partial charge >= 0.3 is 0 Å². The van der Waals surface area contributed by atoms with Crippen molar-refractivity contribution in [1.29, 1.82) is 0 Å². The van der Waals surface area contributed by atoms with Gasteiger partial charge in [0.25, 0.3) is 0 Å². The highest BCUT2D eigenvalue weighted by atomic mass is 15.2. The standard InChI is InChI=1S/C14H25N/c1-6-15(7-2)14-9-8-12(10-14)13(4,5)11(14)3/h12H,3,6-10H2,1-2,4-5H3/t12-,14-/m1/s1. The summed E-state index contributed by atoms with van der Waals surface area (Å²) in [6.07, 6.45) is 4.12. The van der Waals surface area contributed by atoms with E-state index in [2.05, 4.69) is 39.2 Å². The average molecular weight is 207 g/mol. The van der Waals surface area contributed by atoms with Crippen LogP contribution in [0.1, 0.15) is 47.0 Å². The molecule has 2 aliphatic carbocycles. The lowest BCUT2D eigenvalue weighted by Gasteiger charge is -2.44. The van der Waals surface area contributed by atoms with E-state index in [1.54, 1.807) is 0 Å². The van der Waals surface area contributed by atoms with E-state index in [0.29, 0.717) is 11.0 Å². The summed E-state index contributed by atoms with van der Waals surface area (Å²) in [7, 11) is 0. The Bertz CT molecular complexity index is 275. The molecule has 0 aromatic heterocycles. The van der Waals surface area contributed by atoms with E-state index >= 15 is 0 Å². The molecule has 0 radical (unpaired) electrons. The molecule has 0 unspecified atom stereocenters. The molecule has 15 heavy (non-hydrogen) atoms. The van der Waals surface area contributed by atoms with Gasteiger partial charge in [-0.1, -0.05) is 39.8 Å². The maximum absolute atomic E-state index is 4.44. The molecule has 0 heterocycles. The molecule has 0 spiro atoms. The van der Waals surface area contributed by atoms with E-state index in [1.165, 1.54) is 37.9 Å². The van der Waals surface area contributed by atoms with E-state index in [0.717, 1.165) is 5.92 Å². The zero-order valence-corrected chi connectivity index (χ0v) is 10.8. The summed E-state index contributed by atoms with van der Waals surface area (Å²) in [6, 6.07) is 0.